The van der Waals surface area contributed by atoms with Crippen LogP contribution in [0.3, 0.4) is 0 Å². The lowest BCUT2D eigenvalue weighted by Crippen LogP contribution is -2.04. The van der Waals surface area contributed by atoms with Gasteiger partial charge in [-0.25, -0.2) is 13.2 Å². The molecule has 0 atom stereocenters. The third kappa shape index (κ3) is 3.10. The smallest absolute Gasteiger partial charge is 0.165 e. The zero-order valence-corrected chi connectivity index (χ0v) is 11.4. The second kappa shape index (κ2) is 6.10. The zero-order chi connectivity index (χ0) is 13.8. The fourth-order valence-corrected chi connectivity index (χ4v) is 2.08. The van der Waals surface area contributed by atoms with Crippen molar-refractivity contribution in [2.45, 2.75) is 11.9 Å². The largest absolute Gasteiger partial charge is 0.485 e. The SMILES string of the molecule is Fc1cccc(F)c1COc1c(F)cccc1CBr. The average molecular weight is 331 g/mol. The van der Waals surface area contributed by atoms with Crippen molar-refractivity contribution in [3.05, 3.63) is 65.0 Å². The zero-order valence-electron chi connectivity index (χ0n) is 9.80. The fourth-order valence-electron chi connectivity index (χ4n) is 1.63. The predicted octanol–water partition coefficient (Wildman–Crippen LogP) is 4.58. The second-order valence-electron chi connectivity index (χ2n) is 3.85. The van der Waals surface area contributed by atoms with Gasteiger partial charge in [0.2, 0.25) is 0 Å². The Kier molecular flexibility index (Phi) is 4.47. The number of benzene rings is 2. The van der Waals surface area contributed by atoms with E-state index in [1.54, 1.807) is 12.1 Å². The Hall–Kier alpha value is -1.49. The van der Waals surface area contributed by atoms with E-state index in [1.807, 2.05) is 0 Å². The Labute approximate surface area is 117 Å². The average Bonchev–Trinajstić information content (AvgIpc) is 2.39. The minimum absolute atomic E-state index is 0.00188. The summed E-state index contributed by atoms with van der Waals surface area (Å²) in [6, 6.07) is 7.98. The summed E-state index contributed by atoms with van der Waals surface area (Å²) in [7, 11) is 0. The van der Waals surface area contributed by atoms with Gasteiger partial charge >= 0.3 is 0 Å². The normalized spacial score (nSPS) is 10.5. The molecule has 0 unspecified atom stereocenters. The Morgan fingerprint density at radius 2 is 1.47 bits per heavy atom. The van der Waals surface area contributed by atoms with E-state index in [2.05, 4.69) is 15.9 Å². The van der Waals surface area contributed by atoms with Crippen molar-refractivity contribution in [2.24, 2.45) is 0 Å². The van der Waals surface area contributed by atoms with Gasteiger partial charge in [-0.3, -0.25) is 0 Å². The molecule has 0 bridgehead atoms. The molecule has 0 saturated heterocycles. The summed E-state index contributed by atoms with van der Waals surface area (Å²) >= 11 is 3.20. The van der Waals surface area contributed by atoms with E-state index in [0.29, 0.717) is 10.9 Å². The highest BCUT2D eigenvalue weighted by atomic mass is 79.9. The molecule has 100 valence electrons. The summed E-state index contributed by atoms with van der Waals surface area (Å²) in [5.41, 5.74) is 0.364. The molecule has 0 amide bonds. The highest BCUT2D eigenvalue weighted by Crippen LogP contribution is 2.26. The van der Waals surface area contributed by atoms with Gasteiger partial charge in [-0.1, -0.05) is 34.1 Å². The number of rotatable bonds is 4. The molecule has 0 radical (unpaired) electrons. The molecule has 1 nitrogen and oxygen atoms in total. The standard InChI is InChI=1S/C14H10BrF3O/c15-7-9-3-1-6-13(18)14(9)19-8-10-11(16)4-2-5-12(10)17/h1-6H,7-8H2. The van der Waals surface area contributed by atoms with Crippen LogP contribution in [0.4, 0.5) is 13.2 Å². The first kappa shape index (κ1) is 13.9. The Balaban J connectivity index is 2.24. The van der Waals surface area contributed by atoms with Crippen molar-refractivity contribution in [3.8, 4) is 5.75 Å². The maximum Gasteiger partial charge on any atom is 0.165 e. The van der Waals surface area contributed by atoms with E-state index in [1.165, 1.54) is 12.1 Å². The van der Waals surface area contributed by atoms with Gasteiger partial charge in [-0.05, 0) is 18.2 Å². The molecule has 0 spiro atoms. The van der Waals surface area contributed by atoms with Crippen molar-refractivity contribution in [1.82, 2.24) is 0 Å². The van der Waals surface area contributed by atoms with Gasteiger partial charge in [-0.15, -0.1) is 0 Å². The summed E-state index contributed by atoms with van der Waals surface area (Å²) in [6.45, 7) is -0.362. The molecule has 0 fully saturated rings. The van der Waals surface area contributed by atoms with Crippen LogP contribution < -0.4 is 4.74 Å². The molecule has 0 N–H and O–H groups in total. The number of hydrogen-bond acceptors (Lipinski definition) is 1. The van der Waals surface area contributed by atoms with E-state index >= 15 is 0 Å². The second-order valence-corrected chi connectivity index (χ2v) is 4.41. The fraction of sp³-hybridized carbons (Fsp3) is 0.143. The van der Waals surface area contributed by atoms with E-state index in [9.17, 15) is 13.2 Å². The summed E-state index contributed by atoms with van der Waals surface area (Å²) in [6.07, 6.45) is 0. The molecule has 0 aromatic heterocycles. The molecule has 2 rings (SSSR count). The lowest BCUT2D eigenvalue weighted by atomic mass is 10.2. The minimum Gasteiger partial charge on any atom is -0.485 e. The quantitative estimate of drug-likeness (QED) is 0.746. The molecule has 2 aromatic rings. The van der Waals surface area contributed by atoms with Gasteiger partial charge in [0, 0.05) is 10.9 Å². The minimum atomic E-state index is -0.711. The molecule has 0 aliphatic heterocycles. The van der Waals surface area contributed by atoms with Crippen LogP contribution in [0.5, 0.6) is 5.75 Å². The van der Waals surface area contributed by atoms with Crippen LogP contribution in [0.2, 0.25) is 0 Å². The van der Waals surface area contributed by atoms with Gasteiger partial charge in [0.15, 0.2) is 11.6 Å². The molecular formula is C14H10BrF3O. The summed E-state index contributed by atoms with van der Waals surface area (Å²) in [4.78, 5) is 0. The maximum atomic E-state index is 13.6. The lowest BCUT2D eigenvalue weighted by molar-refractivity contribution is 0.276. The van der Waals surface area contributed by atoms with Crippen molar-refractivity contribution in [3.63, 3.8) is 0 Å². The first-order valence-electron chi connectivity index (χ1n) is 5.52. The van der Waals surface area contributed by atoms with Crippen LogP contribution in [0.1, 0.15) is 11.1 Å². The molecule has 0 saturated carbocycles. The van der Waals surface area contributed by atoms with E-state index < -0.39 is 17.5 Å². The van der Waals surface area contributed by atoms with Crippen LogP contribution in [0.15, 0.2) is 36.4 Å². The maximum absolute atomic E-state index is 13.6. The highest BCUT2D eigenvalue weighted by molar-refractivity contribution is 9.08. The molecule has 0 aliphatic rings. The Morgan fingerprint density at radius 3 is 2.11 bits per heavy atom. The van der Waals surface area contributed by atoms with Crippen LogP contribution in [0.25, 0.3) is 0 Å². The van der Waals surface area contributed by atoms with Crippen LogP contribution in [-0.2, 0) is 11.9 Å². The summed E-state index contributed by atoms with van der Waals surface area (Å²) < 4.78 is 45.7. The molecular weight excluding hydrogens is 321 g/mol. The van der Waals surface area contributed by atoms with Crippen molar-refractivity contribution >= 4 is 15.9 Å². The van der Waals surface area contributed by atoms with Crippen molar-refractivity contribution < 1.29 is 17.9 Å². The third-order valence-corrected chi connectivity index (χ3v) is 3.22. The van der Waals surface area contributed by atoms with Gasteiger partial charge in [-0.2, -0.15) is 0 Å². The summed E-state index contributed by atoms with van der Waals surface area (Å²) in [5.74, 6) is -1.98. The number of halogens is 4. The number of alkyl halides is 1. The van der Waals surface area contributed by atoms with Crippen LogP contribution in [-0.4, -0.2) is 0 Å². The molecule has 5 heteroatoms. The number of para-hydroxylation sites is 1. The first-order chi connectivity index (χ1) is 9.13. The predicted molar refractivity (Wildman–Crippen MR) is 69.7 cm³/mol. The Bertz CT molecular complexity index is 567. The first-order valence-corrected chi connectivity index (χ1v) is 6.64. The van der Waals surface area contributed by atoms with Gasteiger partial charge in [0.05, 0.1) is 5.56 Å². The monoisotopic (exact) mass is 330 g/mol. The van der Waals surface area contributed by atoms with E-state index in [4.69, 9.17) is 4.74 Å². The third-order valence-electron chi connectivity index (χ3n) is 2.62. The van der Waals surface area contributed by atoms with Crippen molar-refractivity contribution in [1.29, 1.82) is 0 Å². The Morgan fingerprint density at radius 1 is 0.895 bits per heavy atom. The van der Waals surface area contributed by atoms with E-state index in [0.717, 1.165) is 12.1 Å². The summed E-state index contributed by atoms with van der Waals surface area (Å²) in [5, 5.41) is 0.389. The topological polar surface area (TPSA) is 9.23 Å². The lowest BCUT2D eigenvalue weighted by Gasteiger charge is -2.12. The molecule has 2 aromatic carbocycles. The van der Waals surface area contributed by atoms with Gasteiger partial charge in [0.1, 0.15) is 18.2 Å². The van der Waals surface area contributed by atoms with Crippen LogP contribution in [0, 0.1) is 17.5 Å². The van der Waals surface area contributed by atoms with Crippen molar-refractivity contribution in [2.75, 3.05) is 0 Å². The molecule has 0 heterocycles. The number of ether oxygens (including phenoxy) is 1. The van der Waals surface area contributed by atoms with Crippen LogP contribution >= 0.6 is 15.9 Å². The highest BCUT2D eigenvalue weighted by Gasteiger charge is 2.13. The van der Waals surface area contributed by atoms with E-state index in [-0.39, 0.29) is 17.9 Å². The van der Waals surface area contributed by atoms with Gasteiger partial charge < -0.3 is 4.74 Å². The molecule has 19 heavy (non-hydrogen) atoms. The number of hydrogen-bond donors (Lipinski definition) is 0. The van der Waals surface area contributed by atoms with Gasteiger partial charge in [0.25, 0.3) is 0 Å². The molecule has 0 aliphatic carbocycles.